The van der Waals surface area contributed by atoms with E-state index >= 15 is 0 Å². The SMILES string of the molecule is Cc1ccc2c(c1)nc(CCCCCCN)n2C. The van der Waals surface area contributed by atoms with Crippen molar-refractivity contribution in [3.8, 4) is 0 Å². The van der Waals surface area contributed by atoms with E-state index < -0.39 is 0 Å². The number of unbranched alkanes of at least 4 members (excludes halogenated alkanes) is 3. The first-order chi connectivity index (χ1) is 8.72. The monoisotopic (exact) mass is 245 g/mol. The zero-order valence-electron chi connectivity index (χ0n) is 11.4. The number of hydrogen-bond donors (Lipinski definition) is 1. The predicted molar refractivity (Wildman–Crippen MR) is 76.7 cm³/mol. The van der Waals surface area contributed by atoms with Crippen LogP contribution in [0.25, 0.3) is 11.0 Å². The van der Waals surface area contributed by atoms with Crippen molar-refractivity contribution in [1.29, 1.82) is 0 Å². The zero-order valence-corrected chi connectivity index (χ0v) is 11.4. The molecule has 0 aliphatic carbocycles. The summed E-state index contributed by atoms with van der Waals surface area (Å²) in [4.78, 5) is 4.73. The molecule has 1 aromatic heterocycles. The maximum absolute atomic E-state index is 5.49. The Balaban J connectivity index is 2.02. The average Bonchev–Trinajstić information content (AvgIpc) is 2.65. The molecular weight excluding hydrogens is 222 g/mol. The van der Waals surface area contributed by atoms with Crippen molar-refractivity contribution >= 4 is 11.0 Å². The van der Waals surface area contributed by atoms with E-state index in [2.05, 4.69) is 36.7 Å². The summed E-state index contributed by atoms with van der Waals surface area (Å²) < 4.78 is 2.22. The van der Waals surface area contributed by atoms with Crippen molar-refractivity contribution in [2.45, 2.75) is 39.0 Å². The second-order valence-electron chi connectivity index (χ2n) is 5.03. The average molecular weight is 245 g/mol. The van der Waals surface area contributed by atoms with E-state index in [0.29, 0.717) is 0 Å². The Labute approximate surface area is 109 Å². The number of aromatic nitrogens is 2. The molecule has 1 aromatic carbocycles. The third-order valence-electron chi connectivity index (χ3n) is 3.48. The third-order valence-corrected chi connectivity index (χ3v) is 3.48. The van der Waals surface area contributed by atoms with Crippen LogP contribution in [0.1, 0.15) is 37.1 Å². The first-order valence-corrected chi connectivity index (χ1v) is 6.84. The maximum Gasteiger partial charge on any atom is 0.109 e. The lowest BCUT2D eigenvalue weighted by Gasteiger charge is -2.02. The van der Waals surface area contributed by atoms with Gasteiger partial charge in [0.1, 0.15) is 5.82 Å². The molecule has 3 nitrogen and oxygen atoms in total. The largest absolute Gasteiger partial charge is 0.331 e. The fourth-order valence-electron chi connectivity index (χ4n) is 2.36. The van der Waals surface area contributed by atoms with Gasteiger partial charge in [-0.1, -0.05) is 18.9 Å². The molecule has 0 spiro atoms. The summed E-state index contributed by atoms with van der Waals surface area (Å²) in [5, 5.41) is 0. The highest BCUT2D eigenvalue weighted by molar-refractivity contribution is 5.76. The normalized spacial score (nSPS) is 11.3. The number of hydrogen-bond acceptors (Lipinski definition) is 2. The number of benzene rings is 1. The van der Waals surface area contributed by atoms with E-state index in [1.54, 1.807) is 0 Å². The summed E-state index contributed by atoms with van der Waals surface area (Å²) in [6, 6.07) is 6.47. The van der Waals surface area contributed by atoms with Crippen molar-refractivity contribution < 1.29 is 0 Å². The summed E-state index contributed by atoms with van der Waals surface area (Å²) in [6.45, 7) is 2.92. The molecule has 0 saturated carbocycles. The number of rotatable bonds is 6. The van der Waals surface area contributed by atoms with Crippen molar-refractivity contribution in [1.82, 2.24) is 9.55 Å². The van der Waals surface area contributed by atoms with Crippen molar-refractivity contribution in [3.05, 3.63) is 29.6 Å². The Bertz CT molecular complexity index is 514. The Hall–Kier alpha value is -1.35. The maximum atomic E-state index is 5.49. The van der Waals surface area contributed by atoms with Crippen LogP contribution >= 0.6 is 0 Å². The Morgan fingerprint density at radius 1 is 1.17 bits per heavy atom. The predicted octanol–water partition coefficient (Wildman–Crippen LogP) is 2.94. The lowest BCUT2D eigenvalue weighted by atomic mass is 10.1. The van der Waals surface area contributed by atoms with Crippen LogP contribution in [0, 0.1) is 6.92 Å². The van der Waals surface area contributed by atoms with Gasteiger partial charge in [-0.2, -0.15) is 0 Å². The van der Waals surface area contributed by atoms with E-state index in [9.17, 15) is 0 Å². The minimum atomic E-state index is 0.811. The summed E-state index contributed by atoms with van der Waals surface area (Å²) >= 11 is 0. The molecule has 0 radical (unpaired) electrons. The van der Waals surface area contributed by atoms with E-state index in [-0.39, 0.29) is 0 Å². The molecule has 0 aliphatic heterocycles. The highest BCUT2D eigenvalue weighted by atomic mass is 15.1. The van der Waals surface area contributed by atoms with Gasteiger partial charge in [0.05, 0.1) is 11.0 Å². The fourth-order valence-corrected chi connectivity index (χ4v) is 2.36. The van der Waals surface area contributed by atoms with Crippen molar-refractivity contribution in [2.75, 3.05) is 6.54 Å². The quantitative estimate of drug-likeness (QED) is 0.795. The van der Waals surface area contributed by atoms with Gasteiger partial charge in [0.25, 0.3) is 0 Å². The molecule has 2 N–H and O–H groups in total. The van der Waals surface area contributed by atoms with Crippen LogP contribution in [0.2, 0.25) is 0 Å². The van der Waals surface area contributed by atoms with Gasteiger partial charge < -0.3 is 10.3 Å². The number of nitrogens with two attached hydrogens (primary N) is 1. The molecule has 98 valence electrons. The number of aryl methyl sites for hydroxylation is 3. The number of nitrogens with zero attached hydrogens (tertiary/aromatic N) is 2. The van der Waals surface area contributed by atoms with E-state index in [0.717, 1.165) is 24.9 Å². The van der Waals surface area contributed by atoms with Crippen LogP contribution < -0.4 is 5.73 Å². The van der Waals surface area contributed by atoms with E-state index in [1.807, 2.05) is 0 Å². The van der Waals surface area contributed by atoms with Gasteiger partial charge in [0.15, 0.2) is 0 Å². The van der Waals surface area contributed by atoms with Crippen molar-refractivity contribution in [2.24, 2.45) is 12.8 Å². The summed E-state index contributed by atoms with van der Waals surface area (Å²) in [5.74, 6) is 1.20. The fraction of sp³-hybridized carbons (Fsp3) is 0.533. The minimum Gasteiger partial charge on any atom is -0.331 e. The Kier molecular flexibility index (Phi) is 4.37. The smallest absolute Gasteiger partial charge is 0.109 e. The molecule has 0 unspecified atom stereocenters. The van der Waals surface area contributed by atoms with Gasteiger partial charge in [0, 0.05) is 13.5 Å². The van der Waals surface area contributed by atoms with Crippen LogP contribution in [0.5, 0.6) is 0 Å². The van der Waals surface area contributed by atoms with Crippen LogP contribution in [-0.4, -0.2) is 16.1 Å². The lowest BCUT2D eigenvalue weighted by molar-refractivity contribution is 0.627. The molecule has 0 bridgehead atoms. The van der Waals surface area contributed by atoms with Gasteiger partial charge in [-0.25, -0.2) is 4.98 Å². The zero-order chi connectivity index (χ0) is 13.0. The highest BCUT2D eigenvalue weighted by Gasteiger charge is 2.07. The molecule has 2 aromatic rings. The van der Waals surface area contributed by atoms with Crippen LogP contribution in [0.15, 0.2) is 18.2 Å². The molecule has 3 heteroatoms. The molecule has 0 aliphatic rings. The summed E-state index contributed by atoms with van der Waals surface area (Å²) in [7, 11) is 2.11. The van der Waals surface area contributed by atoms with Crippen LogP contribution in [-0.2, 0) is 13.5 Å². The molecule has 2 rings (SSSR count). The topological polar surface area (TPSA) is 43.8 Å². The first-order valence-electron chi connectivity index (χ1n) is 6.84. The summed E-state index contributed by atoms with van der Waals surface area (Å²) in [5.41, 5.74) is 9.12. The van der Waals surface area contributed by atoms with Crippen LogP contribution in [0.4, 0.5) is 0 Å². The second kappa shape index (κ2) is 6.01. The molecule has 18 heavy (non-hydrogen) atoms. The van der Waals surface area contributed by atoms with Gasteiger partial charge in [-0.3, -0.25) is 0 Å². The number of fused-ring (bicyclic) bond motifs is 1. The standard InChI is InChI=1S/C15H23N3/c1-12-8-9-14-13(11-12)17-15(18(14)2)7-5-3-4-6-10-16/h8-9,11H,3-7,10,16H2,1-2H3. The van der Waals surface area contributed by atoms with Crippen LogP contribution in [0.3, 0.4) is 0 Å². The lowest BCUT2D eigenvalue weighted by Crippen LogP contribution is -2.00. The Morgan fingerprint density at radius 3 is 2.72 bits per heavy atom. The van der Waals surface area contributed by atoms with Gasteiger partial charge in [-0.15, -0.1) is 0 Å². The van der Waals surface area contributed by atoms with E-state index in [4.69, 9.17) is 10.7 Å². The minimum absolute atomic E-state index is 0.811. The summed E-state index contributed by atoms with van der Waals surface area (Å²) in [6.07, 6.45) is 5.89. The molecule has 0 amide bonds. The van der Waals surface area contributed by atoms with Gasteiger partial charge in [0.2, 0.25) is 0 Å². The third kappa shape index (κ3) is 2.91. The van der Waals surface area contributed by atoms with Gasteiger partial charge in [-0.05, 0) is 44.0 Å². The molecule has 0 fully saturated rings. The van der Waals surface area contributed by atoms with Crippen molar-refractivity contribution in [3.63, 3.8) is 0 Å². The Morgan fingerprint density at radius 2 is 1.94 bits per heavy atom. The molecule has 0 saturated heterocycles. The first kappa shape index (κ1) is 13.1. The second-order valence-corrected chi connectivity index (χ2v) is 5.03. The molecular formula is C15H23N3. The highest BCUT2D eigenvalue weighted by Crippen LogP contribution is 2.17. The molecule has 0 atom stereocenters. The molecule has 1 heterocycles. The number of imidazole rings is 1. The van der Waals surface area contributed by atoms with Gasteiger partial charge >= 0.3 is 0 Å². The van der Waals surface area contributed by atoms with E-state index in [1.165, 1.54) is 36.2 Å².